The topological polar surface area (TPSA) is 78.9 Å². The number of esters is 3. The SMILES string of the molecule is CC/C=C\C/C=C\C/C=C\C/C=C\C/C=C\C/C=C\C/C=C\C/C=C\C/C=C\C/C=C\CCCCC(=O)OCC(COC(=O)CCCCCCCCCC)OC(=O)CCCCCCCCCCCCC. The monoisotopic (exact) mass is 969 g/mol. The summed E-state index contributed by atoms with van der Waals surface area (Å²) in [4.78, 5) is 37.8. The smallest absolute Gasteiger partial charge is 0.306 e. The van der Waals surface area contributed by atoms with Gasteiger partial charge >= 0.3 is 17.9 Å². The van der Waals surface area contributed by atoms with Crippen molar-refractivity contribution in [3.63, 3.8) is 0 Å². The first kappa shape index (κ1) is 65.8. The molecular weight excluding hydrogens is 865 g/mol. The van der Waals surface area contributed by atoms with Crippen LogP contribution in [0.15, 0.2) is 122 Å². The van der Waals surface area contributed by atoms with Crippen LogP contribution in [0.25, 0.3) is 0 Å². The number of ether oxygens (including phenoxy) is 3. The zero-order valence-electron chi connectivity index (χ0n) is 45.2. The van der Waals surface area contributed by atoms with E-state index in [-0.39, 0.29) is 31.1 Å². The molecule has 0 rings (SSSR count). The van der Waals surface area contributed by atoms with Crippen LogP contribution >= 0.6 is 0 Å². The fourth-order valence-corrected chi connectivity index (χ4v) is 7.47. The predicted molar refractivity (Wildman–Crippen MR) is 302 cm³/mol. The quantitative estimate of drug-likeness (QED) is 0.0262. The Morgan fingerprint density at radius 3 is 0.871 bits per heavy atom. The largest absolute Gasteiger partial charge is 0.462 e. The lowest BCUT2D eigenvalue weighted by Crippen LogP contribution is -2.30. The molecule has 0 aliphatic carbocycles. The van der Waals surface area contributed by atoms with Crippen LogP contribution < -0.4 is 0 Å². The second-order valence-corrected chi connectivity index (χ2v) is 18.5. The highest BCUT2D eigenvalue weighted by Gasteiger charge is 2.19. The Morgan fingerprint density at radius 1 is 0.300 bits per heavy atom. The van der Waals surface area contributed by atoms with E-state index in [9.17, 15) is 14.4 Å². The van der Waals surface area contributed by atoms with E-state index in [1.165, 1.54) is 83.5 Å². The van der Waals surface area contributed by atoms with Gasteiger partial charge < -0.3 is 14.2 Å². The molecule has 0 heterocycles. The van der Waals surface area contributed by atoms with Crippen molar-refractivity contribution in [1.82, 2.24) is 0 Å². The molecule has 70 heavy (non-hydrogen) atoms. The zero-order valence-corrected chi connectivity index (χ0v) is 45.2. The third kappa shape index (κ3) is 54.7. The molecule has 0 spiro atoms. The van der Waals surface area contributed by atoms with Crippen molar-refractivity contribution in [1.29, 1.82) is 0 Å². The van der Waals surface area contributed by atoms with Crippen molar-refractivity contribution in [2.75, 3.05) is 13.2 Å². The Bertz CT molecular complexity index is 1490. The summed E-state index contributed by atoms with van der Waals surface area (Å²) in [6.45, 7) is 6.44. The van der Waals surface area contributed by atoms with Gasteiger partial charge in [0.05, 0.1) is 0 Å². The number of allylic oxidation sites excluding steroid dienone is 20. The summed E-state index contributed by atoms with van der Waals surface area (Å²) < 4.78 is 16.7. The third-order valence-corrected chi connectivity index (χ3v) is 11.7. The summed E-state index contributed by atoms with van der Waals surface area (Å²) in [7, 11) is 0. The van der Waals surface area contributed by atoms with Crippen molar-refractivity contribution >= 4 is 17.9 Å². The molecule has 0 aromatic carbocycles. The van der Waals surface area contributed by atoms with Gasteiger partial charge in [0.15, 0.2) is 6.10 Å². The molecule has 6 nitrogen and oxygen atoms in total. The minimum atomic E-state index is -0.792. The molecule has 0 bridgehead atoms. The van der Waals surface area contributed by atoms with Crippen molar-refractivity contribution in [2.24, 2.45) is 0 Å². The van der Waals surface area contributed by atoms with Gasteiger partial charge in [0.1, 0.15) is 13.2 Å². The van der Waals surface area contributed by atoms with E-state index >= 15 is 0 Å². The highest BCUT2D eigenvalue weighted by molar-refractivity contribution is 5.71. The standard InChI is InChI=1S/C64H104O6/c1-4-7-10-13-16-19-21-22-23-24-25-26-27-28-29-30-31-32-33-34-35-36-37-38-39-40-41-42-44-45-48-51-54-57-63(66)69-60-61(59-68-62(65)56-53-50-47-18-15-12-9-6-3)70-64(67)58-55-52-49-46-43-20-17-14-11-8-5-2/h7,10,16,19,22-23,25-26,28-29,31-32,34-35,37-38,40-41,44-45,61H,4-6,8-9,11-15,17-18,20-21,24,27,30,33,36,39,42-43,46-60H2,1-3H3/b10-7-,19-16-,23-22-,26-25-,29-28-,32-31-,35-34-,38-37-,41-40-,45-44-. The summed E-state index contributed by atoms with van der Waals surface area (Å²) >= 11 is 0. The maximum Gasteiger partial charge on any atom is 0.306 e. The molecule has 6 heteroatoms. The van der Waals surface area contributed by atoms with Crippen LogP contribution in [0, 0.1) is 0 Å². The van der Waals surface area contributed by atoms with Crippen LogP contribution in [0.4, 0.5) is 0 Å². The Hall–Kier alpha value is -4.19. The summed E-state index contributed by atoms with van der Waals surface area (Å²) in [5.74, 6) is -0.945. The van der Waals surface area contributed by atoms with Crippen LogP contribution in [0.1, 0.15) is 245 Å². The minimum Gasteiger partial charge on any atom is -0.462 e. The normalized spacial score (nSPS) is 13.0. The van der Waals surface area contributed by atoms with E-state index < -0.39 is 6.10 Å². The van der Waals surface area contributed by atoms with Gasteiger partial charge in [-0.05, 0) is 96.3 Å². The molecule has 0 aromatic heterocycles. The Morgan fingerprint density at radius 2 is 0.557 bits per heavy atom. The average molecular weight is 970 g/mol. The van der Waals surface area contributed by atoms with Crippen LogP contribution in [-0.4, -0.2) is 37.2 Å². The van der Waals surface area contributed by atoms with Crippen LogP contribution in [0.5, 0.6) is 0 Å². The van der Waals surface area contributed by atoms with Crippen molar-refractivity contribution in [3.05, 3.63) is 122 Å². The van der Waals surface area contributed by atoms with Gasteiger partial charge in [-0.25, -0.2) is 0 Å². The summed E-state index contributed by atoms with van der Waals surface area (Å²) in [5.41, 5.74) is 0. The summed E-state index contributed by atoms with van der Waals surface area (Å²) in [6, 6.07) is 0. The second-order valence-electron chi connectivity index (χ2n) is 18.5. The zero-order chi connectivity index (χ0) is 50.7. The number of rotatable bonds is 50. The van der Waals surface area contributed by atoms with E-state index in [2.05, 4.69) is 142 Å². The Kier molecular flexibility index (Phi) is 54.0. The molecule has 1 atom stereocenters. The minimum absolute atomic E-state index is 0.0910. The van der Waals surface area contributed by atoms with Gasteiger partial charge in [-0.15, -0.1) is 0 Å². The van der Waals surface area contributed by atoms with Gasteiger partial charge in [-0.2, -0.15) is 0 Å². The molecule has 1 unspecified atom stereocenters. The summed E-state index contributed by atoms with van der Waals surface area (Å²) in [6.07, 6.45) is 79.3. The van der Waals surface area contributed by atoms with Gasteiger partial charge in [-0.1, -0.05) is 251 Å². The molecule has 396 valence electrons. The highest BCUT2D eigenvalue weighted by Crippen LogP contribution is 2.14. The molecule has 0 saturated heterocycles. The number of carbonyl (C=O) groups excluding carboxylic acids is 3. The van der Waals surface area contributed by atoms with Crippen LogP contribution in [-0.2, 0) is 28.6 Å². The van der Waals surface area contributed by atoms with Gasteiger partial charge in [0.2, 0.25) is 0 Å². The van der Waals surface area contributed by atoms with Gasteiger partial charge in [0.25, 0.3) is 0 Å². The molecule has 0 N–H and O–H groups in total. The van der Waals surface area contributed by atoms with E-state index in [1.807, 2.05) is 0 Å². The average Bonchev–Trinajstić information content (AvgIpc) is 3.36. The fourth-order valence-electron chi connectivity index (χ4n) is 7.47. The Labute approximate surface area is 431 Å². The van der Waals surface area contributed by atoms with Crippen molar-refractivity contribution in [2.45, 2.75) is 252 Å². The van der Waals surface area contributed by atoms with E-state index in [4.69, 9.17) is 14.2 Å². The third-order valence-electron chi connectivity index (χ3n) is 11.7. The number of hydrogen-bond acceptors (Lipinski definition) is 6. The molecule has 0 saturated carbocycles. The highest BCUT2D eigenvalue weighted by atomic mass is 16.6. The fraction of sp³-hybridized carbons (Fsp3) is 0.641. The number of carbonyl (C=O) groups is 3. The molecule has 0 fully saturated rings. The Balaban J connectivity index is 4.23. The van der Waals surface area contributed by atoms with Gasteiger partial charge in [-0.3, -0.25) is 14.4 Å². The first-order chi connectivity index (χ1) is 34.5. The second kappa shape index (κ2) is 57.4. The van der Waals surface area contributed by atoms with Crippen molar-refractivity contribution < 1.29 is 28.6 Å². The lowest BCUT2D eigenvalue weighted by molar-refractivity contribution is -0.167. The van der Waals surface area contributed by atoms with E-state index in [0.717, 1.165) is 122 Å². The molecule has 0 aromatic rings. The first-order valence-electron chi connectivity index (χ1n) is 28.5. The van der Waals surface area contributed by atoms with E-state index in [1.54, 1.807) is 0 Å². The molecule has 0 aliphatic rings. The molecule has 0 aliphatic heterocycles. The number of hydrogen-bond donors (Lipinski definition) is 0. The maximum atomic E-state index is 12.7. The lowest BCUT2D eigenvalue weighted by Gasteiger charge is -2.18. The van der Waals surface area contributed by atoms with Crippen LogP contribution in [0.2, 0.25) is 0 Å². The number of unbranched alkanes of at least 4 members (excludes halogenated alkanes) is 19. The maximum absolute atomic E-state index is 12.7. The predicted octanol–water partition coefficient (Wildman–Crippen LogP) is 19.3. The summed E-state index contributed by atoms with van der Waals surface area (Å²) in [5, 5.41) is 0. The molecular formula is C64H104O6. The first-order valence-corrected chi connectivity index (χ1v) is 28.5. The van der Waals surface area contributed by atoms with Crippen LogP contribution in [0.3, 0.4) is 0 Å². The molecule has 0 amide bonds. The molecule has 0 radical (unpaired) electrons. The lowest BCUT2D eigenvalue weighted by atomic mass is 10.1. The van der Waals surface area contributed by atoms with E-state index in [0.29, 0.717) is 19.3 Å². The van der Waals surface area contributed by atoms with Crippen molar-refractivity contribution in [3.8, 4) is 0 Å². The van der Waals surface area contributed by atoms with Gasteiger partial charge in [0, 0.05) is 19.3 Å².